The van der Waals surface area contributed by atoms with Crippen LogP contribution in [0.3, 0.4) is 0 Å². The van der Waals surface area contributed by atoms with Gasteiger partial charge in [-0.15, -0.1) is 13.2 Å². The van der Waals surface area contributed by atoms with Crippen LogP contribution in [0, 0.1) is 35.3 Å². The van der Waals surface area contributed by atoms with Gasteiger partial charge >= 0.3 is 12.5 Å². The zero-order chi connectivity index (χ0) is 32.9. The quantitative estimate of drug-likeness (QED) is 0.177. The number of halogens is 7. The first-order chi connectivity index (χ1) is 21.9. The van der Waals surface area contributed by atoms with Gasteiger partial charge in [0, 0.05) is 6.07 Å². The SMILES string of the molecule is CCCCCC1CCC(c2ccc(C3CCC(C4CCC(C(F)(F)Oc5ccc(OC(F)(F)F)c(F)c5)CC4)CC3)c(F)c2)CC1. The Hall–Kier alpha value is -2.45. The first-order valence-electron chi connectivity index (χ1n) is 17.3. The summed E-state index contributed by atoms with van der Waals surface area (Å²) < 4.78 is 105. The van der Waals surface area contributed by atoms with Gasteiger partial charge < -0.3 is 9.47 Å². The normalized spacial score (nSPS) is 27.7. The highest BCUT2D eigenvalue weighted by atomic mass is 19.4. The van der Waals surface area contributed by atoms with Crippen LogP contribution in [0.2, 0.25) is 0 Å². The fourth-order valence-corrected chi connectivity index (χ4v) is 8.42. The molecule has 0 bridgehead atoms. The summed E-state index contributed by atoms with van der Waals surface area (Å²) in [7, 11) is 0. The molecule has 0 aliphatic heterocycles. The van der Waals surface area contributed by atoms with Crippen LogP contribution in [0.25, 0.3) is 0 Å². The van der Waals surface area contributed by atoms with E-state index in [-0.39, 0.29) is 24.6 Å². The lowest BCUT2D eigenvalue weighted by molar-refractivity contribution is -0.275. The number of hydrogen-bond acceptors (Lipinski definition) is 2. The lowest BCUT2D eigenvalue weighted by Gasteiger charge is -2.39. The van der Waals surface area contributed by atoms with Gasteiger partial charge in [0.1, 0.15) is 11.6 Å². The van der Waals surface area contributed by atoms with E-state index in [0.29, 0.717) is 42.7 Å². The highest BCUT2D eigenvalue weighted by Gasteiger charge is 2.45. The monoisotopic (exact) mass is 656 g/mol. The number of hydrogen-bond donors (Lipinski definition) is 0. The molecule has 0 amide bonds. The first-order valence-corrected chi connectivity index (χ1v) is 17.3. The van der Waals surface area contributed by atoms with Crippen LogP contribution in [0.15, 0.2) is 36.4 Å². The van der Waals surface area contributed by atoms with Gasteiger partial charge in [0.15, 0.2) is 11.6 Å². The van der Waals surface area contributed by atoms with Crippen LogP contribution < -0.4 is 9.47 Å². The summed E-state index contributed by atoms with van der Waals surface area (Å²) in [5, 5.41) is 0. The highest BCUT2D eigenvalue weighted by Crippen LogP contribution is 2.48. The molecule has 9 heteroatoms. The van der Waals surface area contributed by atoms with Crippen molar-refractivity contribution in [3.63, 3.8) is 0 Å². The number of unbranched alkanes of at least 4 members (excludes halogenated alkanes) is 2. The van der Waals surface area contributed by atoms with Crippen molar-refractivity contribution in [2.75, 3.05) is 0 Å². The minimum Gasteiger partial charge on any atom is -0.432 e. The van der Waals surface area contributed by atoms with Crippen LogP contribution in [0.4, 0.5) is 30.7 Å². The molecule has 3 fully saturated rings. The van der Waals surface area contributed by atoms with Crippen molar-refractivity contribution in [3.05, 3.63) is 59.2 Å². The summed E-state index contributed by atoms with van der Waals surface area (Å²) in [6.07, 6.45) is 6.70. The van der Waals surface area contributed by atoms with Gasteiger partial charge in [0.25, 0.3) is 0 Å². The largest absolute Gasteiger partial charge is 0.573 e. The maximum Gasteiger partial charge on any atom is 0.573 e. The average Bonchev–Trinajstić information content (AvgIpc) is 3.02. The Balaban J connectivity index is 1.06. The van der Waals surface area contributed by atoms with E-state index in [2.05, 4.69) is 17.7 Å². The van der Waals surface area contributed by atoms with Crippen molar-refractivity contribution in [1.82, 2.24) is 0 Å². The zero-order valence-corrected chi connectivity index (χ0v) is 26.7. The molecule has 256 valence electrons. The molecular formula is C37H47F7O2. The maximum atomic E-state index is 15.4. The molecule has 3 saturated carbocycles. The molecule has 0 saturated heterocycles. The molecule has 3 aliphatic rings. The molecule has 0 atom stereocenters. The van der Waals surface area contributed by atoms with E-state index in [1.54, 1.807) is 6.07 Å². The fraction of sp³-hybridized carbons (Fsp3) is 0.676. The molecule has 2 nitrogen and oxygen atoms in total. The van der Waals surface area contributed by atoms with Crippen molar-refractivity contribution >= 4 is 0 Å². The Morgan fingerprint density at radius 2 is 1.28 bits per heavy atom. The molecule has 2 aromatic rings. The Bertz CT molecular complexity index is 1250. The summed E-state index contributed by atoms with van der Waals surface area (Å²) in [6.45, 7) is 2.24. The van der Waals surface area contributed by atoms with Crippen molar-refractivity contribution in [2.24, 2.45) is 23.7 Å². The number of ether oxygens (including phenoxy) is 2. The minimum absolute atomic E-state index is 0.0869. The predicted molar refractivity (Wildman–Crippen MR) is 164 cm³/mol. The third-order valence-corrected chi connectivity index (χ3v) is 11.1. The van der Waals surface area contributed by atoms with E-state index >= 15 is 4.39 Å². The van der Waals surface area contributed by atoms with E-state index in [4.69, 9.17) is 4.74 Å². The first kappa shape index (κ1) is 34.9. The summed E-state index contributed by atoms with van der Waals surface area (Å²) in [5.74, 6) is -2.07. The van der Waals surface area contributed by atoms with E-state index in [1.165, 1.54) is 38.5 Å². The summed E-state index contributed by atoms with van der Waals surface area (Å²) in [6, 6.07) is 7.90. The Labute approximate surface area is 268 Å². The van der Waals surface area contributed by atoms with Crippen molar-refractivity contribution in [1.29, 1.82) is 0 Å². The third kappa shape index (κ3) is 9.12. The Morgan fingerprint density at radius 3 is 1.87 bits per heavy atom. The van der Waals surface area contributed by atoms with Gasteiger partial charge in [-0.1, -0.05) is 44.7 Å². The van der Waals surface area contributed by atoms with E-state index < -0.39 is 35.7 Å². The molecule has 46 heavy (non-hydrogen) atoms. The fourth-order valence-electron chi connectivity index (χ4n) is 8.42. The Morgan fingerprint density at radius 1 is 0.652 bits per heavy atom. The van der Waals surface area contributed by atoms with Gasteiger partial charge in [0.05, 0.1) is 5.92 Å². The zero-order valence-electron chi connectivity index (χ0n) is 26.7. The van der Waals surface area contributed by atoms with Crippen LogP contribution in [0.1, 0.15) is 133 Å². The second-order valence-electron chi connectivity index (χ2n) is 14.0. The molecule has 0 unspecified atom stereocenters. The molecule has 0 radical (unpaired) electrons. The van der Waals surface area contributed by atoms with Gasteiger partial charge in [0.2, 0.25) is 0 Å². The molecule has 2 aromatic carbocycles. The maximum absolute atomic E-state index is 15.4. The Kier molecular flexibility index (Phi) is 11.5. The molecule has 0 N–H and O–H groups in total. The molecule has 0 heterocycles. The molecule has 3 aliphatic carbocycles. The molecule has 5 rings (SSSR count). The lowest BCUT2D eigenvalue weighted by Crippen LogP contribution is -2.38. The second kappa shape index (κ2) is 15.2. The van der Waals surface area contributed by atoms with Gasteiger partial charge in [-0.25, -0.2) is 8.78 Å². The van der Waals surface area contributed by atoms with Gasteiger partial charge in [-0.05, 0) is 136 Å². The molecule has 0 aromatic heterocycles. The highest BCUT2D eigenvalue weighted by molar-refractivity contribution is 5.33. The van der Waals surface area contributed by atoms with Gasteiger partial charge in [-0.3, -0.25) is 0 Å². The van der Waals surface area contributed by atoms with E-state index in [9.17, 15) is 26.3 Å². The average molecular weight is 657 g/mol. The van der Waals surface area contributed by atoms with Crippen LogP contribution >= 0.6 is 0 Å². The number of alkyl halides is 5. The molecule has 0 spiro atoms. The van der Waals surface area contributed by atoms with E-state index in [0.717, 1.165) is 61.6 Å². The lowest BCUT2D eigenvalue weighted by atomic mass is 9.68. The number of rotatable bonds is 11. The second-order valence-corrected chi connectivity index (χ2v) is 14.0. The summed E-state index contributed by atoms with van der Waals surface area (Å²) >= 11 is 0. The van der Waals surface area contributed by atoms with Crippen LogP contribution in [-0.4, -0.2) is 12.5 Å². The predicted octanol–water partition coefficient (Wildman–Crippen LogP) is 12.5. The topological polar surface area (TPSA) is 18.5 Å². The third-order valence-electron chi connectivity index (χ3n) is 11.1. The van der Waals surface area contributed by atoms with Crippen LogP contribution in [-0.2, 0) is 0 Å². The van der Waals surface area contributed by atoms with E-state index in [1.807, 2.05) is 6.07 Å². The van der Waals surface area contributed by atoms with Crippen molar-refractivity contribution in [3.8, 4) is 11.5 Å². The van der Waals surface area contributed by atoms with Crippen molar-refractivity contribution < 1.29 is 40.2 Å². The summed E-state index contributed by atoms with van der Waals surface area (Å²) in [5.41, 5.74) is 1.95. The van der Waals surface area contributed by atoms with Crippen molar-refractivity contribution in [2.45, 2.75) is 134 Å². The smallest absolute Gasteiger partial charge is 0.432 e. The minimum atomic E-state index is -5.10. The van der Waals surface area contributed by atoms with Crippen LogP contribution in [0.5, 0.6) is 11.5 Å². The number of benzene rings is 2. The van der Waals surface area contributed by atoms with Gasteiger partial charge in [-0.2, -0.15) is 8.78 Å². The summed E-state index contributed by atoms with van der Waals surface area (Å²) in [4.78, 5) is 0. The standard InChI is InChI=1S/C37H47F7O2/c1-2-3-4-5-24-6-8-27(9-7-24)29-16-20-32(33(38)22-29)28-12-10-25(11-13-28)26-14-17-30(18-15-26)36(40,41)45-31-19-21-35(34(39)23-31)46-37(42,43)44/h16,19-28,30H,2-15,17-18H2,1H3. The molecular weight excluding hydrogens is 609 g/mol.